The highest BCUT2D eigenvalue weighted by molar-refractivity contribution is 9.10. The first-order valence-corrected chi connectivity index (χ1v) is 7.92. The number of nitrogens with one attached hydrogen (secondary N) is 1. The van der Waals surface area contributed by atoms with E-state index in [1.807, 2.05) is 38.1 Å². The number of carbonyl (C=O) groups is 1. The minimum absolute atomic E-state index is 0.0829. The Hall–Kier alpha value is -1.24. The number of hydrogen-bond donors (Lipinski definition) is 2. The van der Waals surface area contributed by atoms with Crippen LogP contribution in [-0.2, 0) is 0 Å². The van der Waals surface area contributed by atoms with Gasteiger partial charge < -0.3 is 11.1 Å². The summed E-state index contributed by atoms with van der Waals surface area (Å²) in [5.41, 5.74) is 7.21. The van der Waals surface area contributed by atoms with E-state index in [0.717, 1.165) is 15.0 Å². The number of amides is 1. The number of aromatic nitrogens is 1. The average Bonchev–Trinajstić information content (AvgIpc) is 2.88. The molecule has 0 fully saturated rings. The topological polar surface area (TPSA) is 68.0 Å². The van der Waals surface area contributed by atoms with E-state index in [1.165, 1.54) is 11.3 Å². The van der Waals surface area contributed by atoms with Crippen LogP contribution in [0.1, 0.15) is 47.0 Å². The SMILES string of the molecule is CC(N)c1nc(C(=O)N[C@H](C)c2cccc(Br)c2)cs1. The Morgan fingerprint density at radius 1 is 1.45 bits per heavy atom. The highest BCUT2D eigenvalue weighted by Gasteiger charge is 2.15. The van der Waals surface area contributed by atoms with E-state index in [4.69, 9.17) is 5.73 Å². The maximum Gasteiger partial charge on any atom is 0.271 e. The van der Waals surface area contributed by atoms with Crippen molar-refractivity contribution >= 4 is 33.2 Å². The Morgan fingerprint density at radius 2 is 2.20 bits per heavy atom. The van der Waals surface area contributed by atoms with Crippen LogP contribution < -0.4 is 11.1 Å². The Morgan fingerprint density at radius 3 is 2.80 bits per heavy atom. The van der Waals surface area contributed by atoms with Crippen LogP contribution in [0.4, 0.5) is 0 Å². The lowest BCUT2D eigenvalue weighted by molar-refractivity contribution is 0.0935. The van der Waals surface area contributed by atoms with Gasteiger partial charge in [0.25, 0.3) is 5.91 Å². The molecule has 1 aromatic heterocycles. The van der Waals surface area contributed by atoms with Crippen LogP contribution in [0, 0.1) is 0 Å². The zero-order valence-corrected chi connectivity index (χ0v) is 13.7. The van der Waals surface area contributed by atoms with Crippen molar-refractivity contribution in [3.63, 3.8) is 0 Å². The molecule has 106 valence electrons. The summed E-state index contributed by atoms with van der Waals surface area (Å²) < 4.78 is 0.990. The van der Waals surface area contributed by atoms with Crippen LogP contribution in [0.3, 0.4) is 0 Å². The number of benzene rings is 1. The van der Waals surface area contributed by atoms with Crippen LogP contribution in [0.5, 0.6) is 0 Å². The maximum absolute atomic E-state index is 12.1. The van der Waals surface area contributed by atoms with Gasteiger partial charge in [-0.05, 0) is 31.5 Å². The largest absolute Gasteiger partial charge is 0.344 e. The fourth-order valence-electron chi connectivity index (χ4n) is 1.73. The number of halogens is 1. The minimum atomic E-state index is -0.180. The summed E-state index contributed by atoms with van der Waals surface area (Å²) in [5, 5.41) is 5.44. The Balaban J connectivity index is 2.07. The van der Waals surface area contributed by atoms with Crippen molar-refractivity contribution in [3.05, 3.63) is 50.4 Å². The highest BCUT2D eigenvalue weighted by atomic mass is 79.9. The Labute approximate surface area is 130 Å². The average molecular weight is 354 g/mol. The lowest BCUT2D eigenvalue weighted by Gasteiger charge is -2.13. The molecule has 1 amide bonds. The summed E-state index contributed by atoms with van der Waals surface area (Å²) in [6.45, 7) is 3.79. The van der Waals surface area contributed by atoms with Gasteiger partial charge in [0.15, 0.2) is 0 Å². The van der Waals surface area contributed by atoms with Crippen molar-refractivity contribution in [3.8, 4) is 0 Å². The molecule has 6 heteroatoms. The molecule has 0 saturated heterocycles. The van der Waals surface area contributed by atoms with Crippen LogP contribution >= 0.6 is 27.3 Å². The van der Waals surface area contributed by atoms with E-state index in [0.29, 0.717) is 5.69 Å². The van der Waals surface area contributed by atoms with E-state index in [9.17, 15) is 4.79 Å². The molecule has 0 bridgehead atoms. The number of thiazole rings is 1. The second-order valence-electron chi connectivity index (χ2n) is 4.61. The van der Waals surface area contributed by atoms with Crippen molar-refractivity contribution < 1.29 is 4.79 Å². The molecule has 2 aromatic rings. The van der Waals surface area contributed by atoms with Gasteiger partial charge >= 0.3 is 0 Å². The van der Waals surface area contributed by atoms with Gasteiger partial charge in [-0.3, -0.25) is 4.79 Å². The number of nitrogens with zero attached hydrogens (tertiary/aromatic N) is 1. The van der Waals surface area contributed by atoms with Crippen LogP contribution in [0.25, 0.3) is 0 Å². The number of carbonyl (C=O) groups excluding carboxylic acids is 1. The molecular formula is C14H16BrN3OS. The van der Waals surface area contributed by atoms with Crippen molar-refractivity contribution in [2.75, 3.05) is 0 Å². The third-order valence-electron chi connectivity index (χ3n) is 2.84. The van der Waals surface area contributed by atoms with E-state index >= 15 is 0 Å². The van der Waals surface area contributed by atoms with Crippen LogP contribution in [0.2, 0.25) is 0 Å². The quantitative estimate of drug-likeness (QED) is 0.884. The molecule has 0 spiro atoms. The van der Waals surface area contributed by atoms with Crippen molar-refractivity contribution in [1.29, 1.82) is 0 Å². The zero-order chi connectivity index (χ0) is 14.7. The molecule has 4 nitrogen and oxygen atoms in total. The summed E-state index contributed by atoms with van der Waals surface area (Å²) in [4.78, 5) is 16.4. The first kappa shape index (κ1) is 15.2. The lowest BCUT2D eigenvalue weighted by atomic mass is 10.1. The molecule has 2 atom stereocenters. The van der Waals surface area contributed by atoms with Crippen LogP contribution in [0.15, 0.2) is 34.1 Å². The first-order valence-electron chi connectivity index (χ1n) is 6.24. The molecule has 0 aliphatic rings. The minimum Gasteiger partial charge on any atom is -0.344 e. The van der Waals surface area contributed by atoms with E-state index in [-0.39, 0.29) is 18.0 Å². The molecule has 1 unspecified atom stereocenters. The monoisotopic (exact) mass is 353 g/mol. The fraction of sp³-hybridized carbons (Fsp3) is 0.286. The zero-order valence-electron chi connectivity index (χ0n) is 11.3. The van der Waals surface area contributed by atoms with E-state index in [2.05, 4.69) is 26.2 Å². The highest BCUT2D eigenvalue weighted by Crippen LogP contribution is 2.19. The van der Waals surface area contributed by atoms with Gasteiger partial charge in [0.1, 0.15) is 10.7 Å². The fourth-order valence-corrected chi connectivity index (χ4v) is 2.91. The van der Waals surface area contributed by atoms with Gasteiger partial charge in [0.05, 0.1) is 12.1 Å². The second kappa shape index (κ2) is 6.47. The van der Waals surface area contributed by atoms with E-state index in [1.54, 1.807) is 5.38 Å². The number of hydrogen-bond acceptors (Lipinski definition) is 4. The third-order valence-corrected chi connectivity index (χ3v) is 4.38. The van der Waals surface area contributed by atoms with Gasteiger partial charge in [0, 0.05) is 9.85 Å². The summed E-state index contributed by atoms with van der Waals surface area (Å²) in [7, 11) is 0. The van der Waals surface area contributed by atoms with Gasteiger partial charge in [-0.15, -0.1) is 11.3 Å². The van der Waals surface area contributed by atoms with Gasteiger partial charge in [-0.1, -0.05) is 28.1 Å². The molecule has 1 aromatic carbocycles. The molecule has 2 rings (SSSR count). The predicted molar refractivity (Wildman–Crippen MR) is 84.7 cm³/mol. The van der Waals surface area contributed by atoms with Gasteiger partial charge in [0.2, 0.25) is 0 Å². The van der Waals surface area contributed by atoms with Crippen LogP contribution in [-0.4, -0.2) is 10.9 Å². The smallest absolute Gasteiger partial charge is 0.271 e. The summed E-state index contributed by atoms with van der Waals surface area (Å²) >= 11 is 4.83. The predicted octanol–water partition coefficient (Wildman–Crippen LogP) is 3.42. The summed E-state index contributed by atoms with van der Waals surface area (Å²) in [6.07, 6.45) is 0. The molecule has 3 N–H and O–H groups in total. The van der Waals surface area contributed by atoms with Crippen molar-refractivity contribution in [2.24, 2.45) is 5.73 Å². The van der Waals surface area contributed by atoms with Crippen molar-refractivity contribution in [2.45, 2.75) is 25.9 Å². The number of nitrogens with two attached hydrogens (primary N) is 1. The standard InChI is InChI=1S/C14H16BrN3OS/c1-8(16)14-18-12(7-20-14)13(19)17-9(2)10-4-3-5-11(15)6-10/h3-9H,16H2,1-2H3,(H,17,19)/t8?,9-/m1/s1. The normalized spacial score (nSPS) is 13.8. The first-order chi connectivity index (χ1) is 9.47. The molecule has 0 aliphatic heterocycles. The van der Waals surface area contributed by atoms with Gasteiger partial charge in [-0.2, -0.15) is 0 Å². The maximum atomic E-state index is 12.1. The summed E-state index contributed by atoms with van der Waals surface area (Å²) in [5.74, 6) is -0.180. The van der Waals surface area contributed by atoms with E-state index < -0.39 is 0 Å². The molecule has 0 radical (unpaired) electrons. The molecule has 1 heterocycles. The Kier molecular flexibility index (Phi) is 4.91. The Bertz CT molecular complexity index is 612. The molecule has 20 heavy (non-hydrogen) atoms. The lowest BCUT2D eigenvalue weighted by Crippen LogP contribution is -2.27. The number of rotatable bonds is 4. The molecule has 0 aliphatic carbocycles. The van der Waals surface area contributed by atoms with Crippen molar-refractivity contribution in [1.82, 2.24) is 10.3 Å². The van der Waals surface area contributed by atoms with Gasteiger partial charge in [-0.25, -0.2) is 4.98 Å². The molecular weight excluding hydrogens is 338 g/mol. The third kappa shape index (κ3) is 3.65. The summed E-state index contributed by atoms with van der Waals surface area (Å²) in [6, 6.07) is 7.63. The molecule has 0 saturated carbocycles. The second-order valence-corrected chi connectivity index (χ2v) is 6.42.